The van der Waals surface area contributed by atoms with Crippen molar-refractivity contribution in [3.63, 3.8) is 0 Å². The van der Waals surface area contributed by atoms with Crippen molar-refractivity contribution in [3.05, 3.63) is 89.5 Å². The Morgan fingerprint density at radius 2 is 1.58 bits per heavy atom. The van der Waals surface area contributed by atoms with Gasteiger partial charge in [0.15, 0.2) is 0 Å². The van der Waals surface area contributed by atoms with Crippen molar-refractivity contribution in [2.24, 2.45) is 4.99 Å². The average Bonchev–Trinajstić information content (AvgIpc) is 3.27. The van der Waals surface area contributed by atoms with Gasteiger partial charge in [-0.15, -0.1) is 0 Å². The molecule has 1 unspecified atom stereocenters. The van der Waals surface area contributed by atoms with Crippen LogP contribution in [0, 0.1) is 0 Å². The molecular formula is C37H48N4O3S. The maximum atomic E-state index is 13.7. The van der Waals surface area contributed by atoms with Gasteiger partial charge in [0.25, 0.3) is 15.9 Å². The van der Waals surface area contributed by atoms with Crippen LogP contribution in [0.5, 0.6) is 0 Å². The standard InChI is InChI=1S/C37H48N4O3S/c1-3-38-36-34(31-16-8-5-4-6-9-17-31)18-12-19-35(36)45(43,44)39-33-22-20-32(21-23-33)37(42)41-25-13-24-40(26-27-41)28-29(2)30-14-10-7-11-15-30/h3,7,10-12,14-15,18-23,29,31,39H,4-6,8-9,13,16-17,24-28H2,1-2H3/b38-3-. The summed E-state index contributed by atoms with van der Waals surface area (Å²) >= 11 is 0. The van der Waals surface area contributed by atoms with Gasteiger partial charge in [-0.1, -0.05) is 81.5 Å². The van der Waals surface area contributed by atoms with Gasteiger partial charge in [0.1, 0.15) is 4.90 Å². The van der Waals surface area contributed by atoms with Gasteiger partial charge in [-0.3, -0.25) is 14.5 Å². The fraction of sp³-hybridized carbons (Fsp3) is 0.459. The zero-order valence-corrected chi connectivity index (χ0v) is 27.6. The first-order valence-electron chi connectivity index (χ1n) is 16.7. The fourth-order valence-corrected chi connectivity index (χ4v) is 8.06. The number of sulfonamides is 1. The van der Waals surface area contributed by atoms with E-state index >= 15 is 0 Å². The Labute approximate surface area is 269 Å². The second-order valence-corrected chi connectivity index (χ2v) is 14.2. The van der Waals surface area contributed by atoms with E-state index in [0.29, 0.717) is 41.9 Å². The molecule has 2 aliphatic rings. The zero-order chi connectivity index (χ0) is 31.6. The number of hydrogen-bond acceptors (Lipinski definition) is 5. The number of benzene rings is 3. The van der Waals surface area contributed by atoms with E-state index in [4.69, 9.17) is 0 Å². The molecule has 1 heterocycles. The monoisotopic (exact) mass is 628 g/mol. The number of para-hydroxylation sites is 1. The molecule has 1 aliphatic carbocycles. The van der Waals surface area contributed by atoms with Crippen LogP contribution < -0.4 is 4.72 Å². The minimum Gasteiger partial charge on any atom is -0.337 e. The number of anilines is 1. The third-order valence-electron chi connectivity index (χ3n) is 9.28. The van der Waals surface area contributed by atoms with Crippen LogP contribution in [0.3, 0.4) is 0 Å². The number of nitrogens with zero attached hydrogens (tertiary/aromatic N) is 3. The molecule has 0 bridgehead atoms. The van der Waals surface area contributed by atoms with Crippen LogP contribution in [0.1, 0.15) is 98.5 Å². The highest BCUT2D eigenvalue weighted by Crippen LogP contribution is 2.40. The van der Waals surface area contributed by atoms with E-state index in [1.807, 2.05) is 30.0 Å². The molecule has 1 aliphatic heterocycles. The van der Waals surface area contributed by atoms with Crippen molar-refractivity contribution in [1.82, 2.24) is 9.80 Å². The lowest BCUT2D eigenvalue weighted by Crippen LogP contribution is -2.36. The summed E-state index contributed by atoms with van der Waals surface area (Å²) in [6, 6.07) is 22.9. The molecule has 2 fully saturated rings. The van der Waals surface area contributed by atoms with E-state index in [1.54, 1.807) is 36.5 Å². The van der Waals surface area contributed by atoms with Crippen molar-refractivity contribution in [2.75, 3.05) is 37.4 Å². The summed E-state index contributed by atoms with van der Waals surface area (Å²) in [6.45, 7) is 8.23. The highest BCUT2D eigenvalue weighted by molar-refractivity contribution is 7.92. The second kappa shape index (κ2) is 15.7. The van der Waals surface area contributed by atoms with Crippen LogP contribution >= 0.6 is 0 Å². The number of carbonyl (C=O) groups excluding carboxylic acids is 1. The zero-order valence-electron chi connectivity index (χ0n) is 26.8. The molecule has 7 nitrogen and oxygen atoms in total. The van der Waals surface area contributed by atoms with E-state index in [2.05, 4.69) is 45.8 Å². The van der Waals surface area contributed by atoms with E-state index in [-0.39, 0.29) is 10.8 Å². The van der Waals surface area contributed by atoms with Gasteiger partial charge in [-0.25, -0.2) is 8.42 Å². The molecule has 3 aromatic rings. The van der Waals surface area contributed by atoms with Gasteiger partial charge in [-0.05, 0) is 86.0 Å². The van der Waals surface area contributed by atoms with Gasteiger partial charge in [0.2, 0.25) is 0 Å². The Morgan fingerprint density at radius 1 is 0.867 bits per heavy atom. The third-order valence-corrected chi connectivity index (χ3v) is 10.7. The maximum absolute atomic E-state index is 13.7. The molecule has 45 heavy (non-hydrogen) atoms. The van der Waals surface area contributed by atoms with Gasteiger partial charge >= 0.3 is 0 Å². The molecule has 0 radical (unpaired) electrons. The molecule has 1 saturated carbocycles. The largest absolute Gasteiger partial charge is 0.337 e. The van der Waals surface area contributed by atoms with Crippen molar-refractivity contribution in [2.45, 2.75) is 81.9 Å². The van der Waals surface area contributed by atoms with E-state index in [9.17, 15) is 13.2 Å². The van der Waals surface area contributed by atoms with Crippen molar-refractivity contribution >= 4 is 33.5 Å². The van der Waals surface area contributed by atoms with Gasteiger partial charge in [0, 0.05) is 43.6 Å². The highest BCUT2D eigenvalue weighted by Gasteiger charge is 2.26. The average molecular weight is 629 g/mol. The Kier molecular flexibility index (Phi) is 11.5. The number of amides is 1. The maximum Gasteiger partial charge on any atom is 0.264 e. The normalized spacial score (nSPS) is 18.2. The number of hydrogen-bond donors (Lipinski definition) is 1. The molecule has 8 heteroatoms. The lowest BCUT2D eigenvalue weighted by atomic mass is 9.85. The van der Waals surface area contributed by atoms with E-state index in [1.165, 1.54) is 24.8 Å². The SMILES string of the molecule is C/C=N\c1c(C2CCCCCCC2)cccc1S(=O)(=O)Nc1ccc(C(=O)N2CCCN(CC(C)c3ccccc3)CC2)cc1. The summed E-state index contributed by atoms with van der Waals surface area (Å²) in [5.41, 5.74) is 3.88. The first-order chi connectivity index (χ1) is 21.9. The van der Waals surface area contributed by atoms with Crippen molar-refractivity contribution in [1.29, 1.82) is 0 Å². The summed E-state index contributed by atoms with van der Waals surface area (Å²) < 4.78 is 30.1. The second-order valence-electron chi connectivity index (χ2n) is 12.6. The van der Waals surface area contributed by atoms with Gasteiger partial charge in [-0.2, -0.15) is 0 Å². The lowest BCUT2D eigenvalue weighted by Gasteiger charge is -2.25. The van der Waals surface area contributed by atoms with Crippen LogP contribution in [0.4, 0.5) is 11.4 Å². The number of aliphatic imine (C=N–C) groups is 1. The van der Waals surface area contributed by atoms with Crippen LogP contribution in [-0.2, 0) is 10.0 Å². The van der Waals surface area contributed by atoms with Crippen LogP contribution in [-0.4, -0.2) is 63.1 Å². The molecule has 1 amide bonds. The first-order valence-corrected chi connectivity index (χ1v) is 18.1. The fourth-order valence-electron chi connectivity index (χ4n) is 6.82. The molecule has 1 saturated heterocycles. The molecule has 240 valence electrons. The molecule has 0 spiro atoms. The quantitative estimate of drug-likeness (QED) is 0.244. The Morgan fingerprint density at radius 3 is 2.29 bits per heavy atom. The molecule has 3 aromatic carbocycles. The van der Waals surface area contributed by atoms with E-state index < -0.39 is 10.0 Å². The summed E-state index contributed by atoms with van der Waals surface area (Å²) in [5.74, 6) is 0.718. The van der Waals surface area contributed by atoms with Crippen molar-refractivity contribution < 1.29 is 13.2 Å². The minimum atomic E-state index is -3.90. The Balaban J connectivity index is 1.24. The third kappa shape index (κ3) is 8.61. The molecule has 1 atom stereocenters. The minimum absolute atomic E-state index is 0.0196. The van der Waals surface area contributed by atoms with Crippen LogP contribution in [0.15, 0.2) is 82.7 Å². The summed E-state index contributed by atoms with van der Waals surface area (Å²) in [5, 5.41) is 0. The molecular weight excluding hydrogens is 580 g/mol. The number of rotatable bonds is 9. The van der Waals surface area contributed by atoms with Gasteiger partial charge in [0.05, 0.1) is 5.69 Å². The first kappa shape index (κ1) is 32.9. The Hall–Kier alpha value is -3.49. The van der Waals surface area contributed by atoms with E-state index in [0.717, 1.165) is 57.3 Å². The van der Waals surface area contributed by atoms with Crippen molar-refractivity contribution in [3.8, 4) is 0 Å². The summed E-state index contributed by atoms with van der Waals surface area (Å²) in [6.07, 6.45) is 10.8. The topological polar surface area (TPSA) is 82.1 Å². The molecule has 5 rings (SSSR count). The van der Waals surface area contributed by atoms with Crippen LogP contribution in [0.2, 0.25) is 0 Å². The highest BCUT2D eigenvalue weighted by atomic mass is 32.2. The summed E-state index contributed by atoms with van der Waals surface area (Å²) in [4.78, 5) is 22.6. The lowest BCUT2D eigenvalue weighted by molar-refractivity contribution is 0.0761. The smallest absolute Gasteiger partial charge is 0.264 e. The predicted molar refractivity (Wildman–Crippen MR) is 184 cm³/mol. The predicted octanol–water partition coefficient (Wildman–Crippen LogP) is 7.99. The summed E-state index contributed by atoms with van der Waals surface area (Å²) in [7, 11) is -3.90. The Bertz CT molecular complexity index is 1530. The van der Waals surface area contributed by atoms with Crippen LogP contribution in [0.25, 0.3) is 0 Å². The molecule has 1 N–H and O–H groups in total. The number of carbonyl (C=O) groups is 1. The number of nitrogens with one attached hydrogen (secondary N) is 1. The molecule has 0 aromatic heterocycles. The van der Waals surface area contributed by atoms with Gasteiger partial charge < -0.3 is 9.80 Å².